The summed E-state index contributed by atoms with van der Waals surface area (Å²) < 4.78 is 0. The number of fused-ring (bicyclic) bond motifs is 1. The molecule has 2 amide bonds. The minimum atomic E-state index is -0.872. The molecule has 20 heavy (non-hydrogen) atoms. The maximum Gasteiger partial charge on any atom is 0.329 e. The van der Waals surface area contributed by atoms with Crippen molar-refractivity contribution in [3.05, 3.63) is 42.0 Å². The van der Waals surface area contributed by atoms with Gasteiger partial charge < -0.3 is 10.4 Å². The van der Waals surface area contributed by atoms with E-state index in [0.29, 0.717) is 5.56 Å². The first kappa shape index (κ1) is 13.5. The highest BCUT2D eigenvalue weighted by atomic mass is 16.3. The van der Waals surface area contributed by atoms with Gasteiger partial charge in [-0.05, 0) is 16.8 Å². The number of carbonyl (C=O) groups is 2. The summed E-state index contributed by atoms with van der Waals surface area (Å²) in [5.74, 6) is -1.62. The van der Waals surface area contributed by atoms with Crippen molar-refractivity contribution in [2.75, 3.05) is 7.05 Å². The Bertz CT molecular complexity index is 695. The third-order valence-corrected chi connectivity index (χ3v) is 2.74. The molecule has 0 radical (unpaired) electrons. The zero-order valence-electron chi connectivity index (χ0n) is 10.8. The van der Waals surface area contributed by atoms with Crippen LogP contribution in [0.3, 0.4) is 0 Å². The third-order valence-electron chi connectivity index (χ3n) is 2.74. The number of aromatic hydroxyl groups is 1. The number of hydrazone groups is 1. The fourth-order valence-corrected chi connectivity index (χ4v) is 1.74. The molecule has 0 saturated heterocycles. The molecule has 0 spiro atoms. The van der Waals surface area contributed by atoms with E-state index >= 15 is 0 Å². The Kier molecular flexibility index (Phi) is 3.95. The highest BCUT2D eigenvalue weighted by molar-refractivity contribution is 6.35. The summed E-state index contributed by atoms with van der Waals surface area (Å²) in [6.07, 6.45) is 1.30. The number of rotatable bonds is 2. The number of hydrogen-bond acceptors (Lipinski definition) is 4. The predicted molar refractivity (Wildman–Crippen MR) is 75.4 cm³/mol. The van der Waals surface area contributed by atoms with Crippen molar-refractivity contribution in [2.24, 2.45) is 5.10 Å². The molecule has 102 valence electrons. The Morgan fingerprint density at radius 3 is 2.65 bits per heavy atom. The summed E-state index contributed by atoms with van der Waals surface area (Å²) in [7, 11) is 1.35. The fourth-order valence-electron chi connectivity index (χ4n) is 1.74. The maximum absolute atomic E-state index is 11.2. The van der Waals surface area contributed by atoms with Crippen molar-refractivity contribution < 1.29 is 14.7 Å². The first-order chi connectivity index (χ1) is 9.63. The molecular weight excluding hydrogens is 258 g/mol. The van der Waals surface area contributed by atoms with Crippen LogP contribution in [0, 0.1) is 0 Å². The SMILES string of the molecule is CNC(=O)C(=O)N/N=C\c1c(O)ccc2ccccc12. The molecule has 0 aromatic heterocycles. The van der Waals surface area contributed by atoms with E-state index in [1.807, 2.05) is 24.3 Å². The second-order valence-corrected chi connectivity index (χ2v) is 4.00. The zero-order valence-corrected chi connectivity index (χ0v) is 10.8. The molecule has 0 heterocycles. The standard InChI is InChI=1S/C14H13N3O3/c1-15-13(19)14(20)17-16-8-11-10-5-3-2-4-9(10)6-7-12(11)18/h2-8,18H,1H3,(H,15,19)(H,17,20)/b16-8-. The topological polar surface area (TPSA) is 90.8 Å². The molecule has 6 nitrogen and oxygen atoms in total. The van der Waals surface area contributed by atoms with Gasteiger partial charge in [-0.3, -0.25) is 9.59 Å². The molecule has 0 aliphatic rings. The zero-order chi connectivity index (χ0) is 14.5. The number of hydrogen-bond donors (Lipinski definition) is 3. The van der Waals surface area contributed by atoms with E-state index in [2.05, 4.69) is 15.8 Å². The normalized spacial score (nSPS) is 10.7. The van der Waals surface area contributed by atoms with Crippen molar-refractivity contribution in [3.63, 3.8) is 0 Å². The van der Waals surface area contributed by atoms with Crippen molar-refractivity contribution >= 4 is 28.8 Å². The van der Waals surface area contributed by atoms with Gasteiger partial charge in [-0.2, -0.15) is 5.10 Å². The van der Waals surface area contributed by atoms with E-state index in [1.54, 1.807) is 12.1 Å². The average molecular weight is 271 g/mol. The first-order valence-corrected chi connectivity index (χ1v) is 5.89. The van der Waals surface area contributed by atoms with E-state index in [-0.39, 0.29) is 5.75 Å². The van der Waals surface area contributed by atoms with Gasteiger partial charge in [0.2, 0.25) is 0 Å². The number of phenols is 1. The van der Waals surface area contributed by atoms with E-state index in [4.69, 9.17) is 0 Å². The van der Waals surface area contributed by atoms with Crippen LogP contribution in [0.1, 0.15) is 5.56 Å². The Morgan fingerprint density at radius 2 is 1.90 bits per heavy atom. The number of likely N-dealkylation sites (N-methyl/N-ethyl adjacent to an activating group) is 1. The number of nitrogens with zero attached hydrogens (tertiary/aromatic N) is 1. The van der Waals surface area contributed by atoms with E-state index < -0.39 is 11.8 Å². The lowest BCUT2D eigenvalue weighted by atomic mass is 10.0. The van der Waals surface area contributed by atoms with Crippen LogP contribution in [0.25, 0.3) is 10.8 Å². The van der Waals surface area contributed by atoms with Crippen molar-refractivity contribution in [2.45, 2.75) is 0 Å². The van der Waals surface area contributed by atoms with Gasteiger partial charge in [0.25, 0.3) is 0 Å². The molecule has 0 fully saturated rings. The van der Waals surface area contributed by atoms with Crippen LogP contribution in [0.15, 0.2) is 41.5 Å². The van der Waals surface area contributed by atoms with E-state index in [1.165, 1.54) is 13.3 Å². The summed E-state index contributed by atoms with van der Waals surface area (Å²) in [6, 6.07) is 10.8. The molecule has 2 aromatic carbocycles. The molecule has 0 aliphatic carbocycles. The second-order valence-electron chi connectivity index (χ2n) is 4.00. The molecule has 3 N–H and O–H groups in total. The molecule has 0 saturated carbocycles. The highest BCUT2D eigenvalue weighted by Gasteiger charge is 2.09. The van der Waals surface area contributed by atoms with Crippen LogP contribution in [-0.4, -0.2) is 30.2 Å². The number of phenolic OH excluding ortho intramolecular Hbond substituents is 1. The molecule has 0 aliphatic heterocycles. The summed E-state index contributed by atoms with van der Waals surface area (Å²) >= 11 is 0. The monoisotopic (exact) mass is 271 g/mol. The van der Waals surface area contributed by atoms with Crippen LogP contribution in [0.5, 0.6) is 5.75 Å². The second kappa shape index (κ2) is 5.83. The van der Waals surface area contributed by atoms with Crippen LogP contribution < -0.4 is 10.7 Å². The van der Waals surface area contributed by atoms with Gasteiger partial charge in [0.15, 0.2) is 0 Å². The van der Waals surface area contributed by atoms with Gasteiger partial charge in [-0.1, -0.05) is 30.3 Å². The number of amides is 2. The highest BCUT2D eigenvalue weighted by Crippen LogP contribution is 2.25. The van der Waals surface area contributed by atoms with Gasteiger partial charge >= 0.3 is 11.8 Å². The lowest BCUT2D eigenvalue weighted by Crippen LogP contribution is -2.35. The summed E-state index contributed by atoms with van der Waals surface area (Å²) in [4.78, 5) is 22.2. The summed E-state index contributed by atoms with van der Waals surface area (Å²) in [5.41, 5.74) is 2.55. The Labute approximate surface area is 115 Å². The largest absolute Gasteiger partial charge is 0.507 e. The number of carbonyl (C=O) groups excluding carboxylic acids is 2. The van der Waals surface area contributed by atoms with Crippen LogP contribution in [0.4, 0.5) is 0 Å². The van der Waals surface area contributed by atoms with Crippen LogP contribution in [0.2, 0.25) is 0 Å². The van der Waals surface area contributed by atoms with Crippen molar-refractivity contribution in [3.8, 4) is 5.75 Å². The smallest absolute Gasteiger partial charge is 0.329 e. The van der Waals surface area contributed by atoms with Gasteiger partial charge in [0, 0.05) is 12.6 Å². The minimum absolute atomic E-state index is 0.0432. The minimum Gasteiger partial charge on any atom is -0.507 e. The lowest BCUT2D eigenvalue weighted by Gasteiger charge is -2.04. The Morgan fingerprint density at radius 1 is 1.15 bits per heavy atom. The van der Waals surface area contributed by atoms with E-state index in [0.717, 1.165) is 10.8 Å². The Balaban J connectivity index is 2.27. The van der Waals surface area contributed by atoms with Gasteiger partial charge in [-0.25, -0.2) is 5.43 Å². The molecule has 0 unspecified atom stereocenters. The Hall–Kier alpha value is -2.89. The van der Waals surface area contributed by atoms with Gasteiger partial charge in [0.1, 0.15) is 5.75 Å². The molecule has 2 aromatic rings. The molecular formula is C14H13N3O3. The van der Waals surface area contributed by atoms with Crippen molar-refractivity contribution in [1.29, 1.82) is 0 Å². The predicted octanol–water partition coefficient (Wildman–Crippen LogP) is 0.741. The van der Waals surface area contributed by atoms with Gasteiger partial charge in [-0.15, -0.1) is 0 Å². The third kappa shape index (κ3) is 2.74. The molecule has 2 rings (SSSR count). The molecule has 6 heteroatoms. The fraction of sp³-hybridized carbons (Fsp3) is 0.0714. The first-order valence-electron chi connectivity index (χ1n) is 5.89. The average Bonchev–Trinajstić information content (AvgIpc) is 2.48. The molecule has 0 bridgehead atoms. The summed E-state index contributed by atoms with van der Waals surface area (Å²) in [6.45, 7) is 0. The van der Waals surface area contributed by atoms with Gasteiger partial charge in [0.05, 0.1) is 6.21 Å². The van der Waals surface area contributed by atoms with Crippen LogP contribution in [-0.2, 0) is 9.59 Å². The summed E-state index contributed by atoms with van der Waals surface area (Å²) in [5, 5.41) is 17.4. The van der Waals surface area contributed by atoms with E-state index in [9.17, 15) is 14.7 Å². The van der Waals surface area contributed by atoms with Crippen molar-refractivity contribution in [1.82, 2.24) is 10.7 Å². The lowest BCUT2D eigenvalue weighted by molar-refractivity contribution is -0.138. The van der Waals surface area contributed by atoms with Crippen LogP contribution >= 0.6 is 0 Å². The maximum atomic E-state index is 11.2. The molecule has 0 atom stereocenters. The number of benzene rings is 2. The quantitative estimate of drug-likeness (QED) is 0.427. The number of nitrogens with one attached hydrogen (secondary N) is 2.